The molecule has 0 atom stereocenters. The second kappa shape index (κ2) is 13.8. The van der Waals surface area contributed by atoms with Gasteiger partial charge in [-0.25, -0.2) is 16.8 Å². The summed E-state index contributed by atoms with van der Waals surface area (Å²) in [5.41, 5.74) is 2.31. The number of rotatable bonds is 14. The topological polar surface area (TPSA) is 134 Å². The average molecular weight is 611 g/mol. The van der Waals surface area contributed by atoms with Crippen LogP contribution in [0.5, 0.6) is 0 Å². The Hall–Kier alpha value is -2.32. The first-order valence-corrected chi connectivity index (χ1v) is 17.3. The molecule has 1 saturated heterocycles. The van der Waals surface area contributed by atoms with Crippen LogP contribution in [0.15, 0.2) is 36.9 Å². The smallest absolute Gasteiger partial charge is 0.234 e. The van der Waals surface area contributed by atoms with E-state index in [4.69, 9.17) is 4.74 Å². The minimum absolute atomic E-state index is 0.00170. The van der Waals surface area contributed by atoms with E-state index in [1.165, 1.54) is 12.4 Å². The Bertz CT molecular complexity index is 1350. The zero-order valence-corrected chi connectivity index (χ0v) is 26.8. The van der Waals surface area contributed by atoms with Crippen LogP contribution < -0.4 is 9.44 Å². The van der Waals surface area contributed by atoms with Crippen molar-refractivity contribution in [2.45, 2.75) is 51.9 Å². The standard InChI is InChI=1S/C28H46N6O5S2/c1-27(2,3)23-17-25(21-29-19-23)31-40(35,36)15-11-33(6)8-7-28(4,5)24-18-26(22-30-20-24)32-41(37,38)16-12-34-9-13-39-14-10-34/h17-22,31-32H,7-16H2,1-6H3. The van der Waals surface area contributed by atoms with Gasteiger partial charge in [0.25, 0.3) is 0 Å². The van der Waals surface area contributed by atoms with E-state index < -0.39 is 20.0 Å². The van der Waals surface area contributed by atoms with Crippen LogP contribution in [0.2, 0.25) is 0 Å². The number of hydrogen-bond acceptors (Lipinski definition) is 9. The molecule has 41 heavy (non-hydrogen) atoms. The van der Waals surface area contributed by atoms with Crippen molar-refractivity contribution < 1.29 is 21.6 Å². The molecule has 2 aromatic rings. The highest BCUT2D eigenvalue weighted by Crippen LogP contribution is 2.29. The molecule has 0 radical (unpaired) electrons. The van der Waals surface area contributed by atoms with Crippen LogP contribution in [0, 0.1) is 0 Å². The molecule has 2 N–H and O–H groups in total. The fourth-order valence-electron chi connectivity index (χ4n) is 4.31. The van der Waals surface area contributed by atoms with Crippen molar-refractivity contribution in [3.05, 3.63) is 48.0 Å². The highest BCUT2D eigenvalue weighted by molar-refractivity contribution is 7.93. The van der Waals surface area contributed by atoms with Crippen LogP contribution >= 0.6 is 0 Å². The molecule has 3 heterocycles. The lowest BCUT2D eigenvalue weighted by molar-refractivity contribution is 0.0408. The third kappa shape index (κ3) is 11.1. The van der Waals surface area contributed by atoms with Gasteiger partial charge in [-0.3, -0.25) is 24.3 Å². The Morgan fingerprint density at radius 1 is 0.829 bits per heavy atom. The molecule has 3 rings (SSSR count). The molecule has 0 bridgehead atoms. The maximum Gasteiger partial charge on any atom is 0.234 e. The maximum absolute atomic E-state index is 12.7. The molecule has 0 unspecified atom stereocenters. The Labute approximate surface area is 246 Å². The van der Waals surface area contributed by atoms with Gasteiger partial charge in [-0.15, -0.1) is 0 Å². The van der Waals surface area contributed by atoms with E-state index in [0.717, 1.165) is 30.6 Å². The summed E-state index contributed by atoms with van der Waals surface area (Å²) >= 11 is 0. The first-order valence-electron chi connectivity index (χ1n) is 14.0. The number of nitrogens with one attached hydrogen (secondary N) is 2. The summed E-state index contributed by atoms with van der Waals surface area (Å²) in [5, 5.41) is 0. The van der Waals surface area contributed by atoms with Gasteiger partial charge in [-0.2, -0.15) is 0 Å². The van der Waals surface area contributed by atoms with Crippen LogP contribution in [0.25, 0.3) is 0 Å². The van der Waals surface area contributed by atoms with E-state index in [1.807, 2.05) is 24.1 Å². The van der Waals surface area contributed by atoms with Gasteiger partial charge in [-0.05, 0) is 54.1 Å². The number of pyridine rings is 2. The number of nitrogens with zero attached hydrogens (tertiary/aromatic N) is 4. The molecule has 1 aliphatic rings. The first kappa shape index (κ1) is 33.2. The Kier molecular flexibility index (Phi) is 11.1. The van der Waals surface area contributed by atoms with Gasteiger partial charge in [0.1, 0.15) is 0 Å². The minimum atomic E-state index is -3.55. The molecule has 0 aromatic carbocycles. The molecule has 13 heteroatoms. The van der Waals surface area contributed by atoms with Crippen molar-refractivity contribution in [2.75, 3.05) is 73.9 Å². The van der Waals surface area contributed by atoms with Crippen molar-refractivity contribution in [1.29, 1.82) is 0 Å². The summed E-state index contributed by atoms with van der Waals surface area (Å²) in [7, 11) is -5.18. The summed E-state index contributed by atoms with van der Waals surface area (Å²) in [6.45, 7) is 14.5. The lowest BCUT2D eigenvalue weighted by atomic mass is 9.82. The predicted molar refractivity (Wildman–Crippen MR) is 164 cm³/mol. The molecule has 11 nitrogen and oxygen atoms in total. The number of sulfonamides is 2. The quantitative estimate of drug-likeness (QED) is 0.331. The molecule has 0 aliphatic carbocycles. The zero-order chi connectivity index (χ0) is 30.3. The largest absolute Gasteiger partial charge is 0.379 e. The second-order valence-electron chi connectivity index (χ2n) is 12.4. The highest BCUT2D eigenvalue weighted by atomic mass is 32.2. The Balaban J connectivity index is 1.50. The van der Waals surface area contributed by atoms with Crippen LogP contribution in [0.1, 0.15) is 52.2 Å². The summed E-state index contributed by atoms with van der Waals surface area (Å²) in [4.78, 5) is 12.5. The summed E-state index contributed by atoms with van der Waals surface area (Å²) in [6.07, 6.45) is 7.26. The van der Waals surface area contributed by atoms with E-state index in [0.29, 0.717) is 44.2 Å². The van der Waals surface area contributed by atoms with Crippen molar-refractivity contribution >= 4 is 31.4 Å². The van der Waals surface area contributed by atoms with Crippen molar-refractivity contribution in [1.82, 2.24) is 19.8 Å². The minimum Gasteiger partial charge on any atom is -0.379 e. The first-order chi connectivity index (χ1) is 19.0. The van der Waals surface area contributed by atoms with Crippen LogP contribution in [-0.2, 0) is 35.6 Å². The van der Waals surface area contributed by atoms with Gasteiger partial charge >= 0.3 is 0 Å². The van der Waals surface area contributed by atoms with E-state index in [2.05, 4.69) is 58.9 Å². The van der Waals surface area contributed by atoms with E-state index in [1.54, 1.807) is 12.4 Å². The van der Waals surface area contributed by atoms with Gasteiger partial charge in [0.05, 0.1) is 48.5 Å². The molecular formula is C28H46N6O5S2. The monoisotopic (exact) mass is 610 g/mol. The summed E-state index contributed by atoms with van der Waals surface area (Å²) in [5.74, 6) is -0.0470. The number of ether oxygens (including phenoxy) is 1. The third-order valence-electron chi connectivity index (χ3n) is 7.31. The molecular weight excluding hydrogens is 564 g/mol. The van der Waals surface area contributed by atoms with Gasteiger partial charge in [0.2, 0.25) is 20.0 Å². The van der Waals surface area contributed by atoms with Gasteiger partial charge in [0, 0.05) is 38.6 Å². The van der Waals surface area contributed by atoms with Gasteiger partial charge < -0.3 is 9.64 Å². The molecule has 0 spiro atoms. The number of aromatic nitrogens is 2. The van der Waals surface area contributed by atoms with Crippen LogP contribution in [-0.4, -0.2) is 101 Å². The highest BCUT2D eigenvalue weighted by Gasteiger charge is 2.24. The third-order valence-corrected chi connectivity index (χ3v) is 9.84. The van der Waals surface area contributed by atoms with Gasteiger partial charge in [-0.1, -0.05) is 34.6 Å². The number of morpholine rings is 1. The maximum atomic E-state index is 12.7. The molecule has 230 valence electrons. The molecule has 1 aliphatic heterocycles. The molecule has 0 amide bonds. The SMILES string of the molecule is CN(CCC(C)(C)c1cncc(NS(=O)(=O)CCN2CCOCC2)c1)CCS(=O)(=O)Nc1cncc(C(C)(C)C)c1. The Morgan fingerprint density at radius 3 is 1.95 bits per heavy atom. The molecule has 1 fully saturated rings. The lowest BCUT2D eigenvalue weighted by Gasteiger charge is -2.28. The summed E-state index contributed by atoms with van der Waals surface area (Å²) < 4.78 is 61.5. The van der Waals surface area contributed by atoms with Crippen molar-refractivity contribution in [3.63, 3.8) is 0 Å². The number of hydrogen-bond donors (Lipinski definition) is 2. The van der Waals surface area contributed by atoms with Gasteiger partial charge in [0.15, 0.2) is 0 Å². The number of anilines is 2. The predicted octanol–water partition coefficient (Wildman–Crippen LogP) is 2.89. The van der Waals surface area contributed by atoms with E-state index in [9.17, 15) is 16.8 Å². The van der Waals surface area contributed by atoms with E-state index >= 15 is 0 Å². The van der Waals surface area contributed by atoms with Crippen molar-refractivity contribution in [3.8, 4) is 0 Å². The fourth-order valence-corrected chi connectivity index (χ4v) is 6.51. The molecule has 0 saturated carbocycles. The van der Waals surface area contributed by atoms with E-state index in [-0.39, 0.29) is 22.3 Å². The Morgan fingerprint density at radius 2 is 1.37 bits per heavy atom. The average Bonchev–Trinajstić information content (AvgIpc) is 2.90. The lowest BCUT2D eigenvalue weighted by Crippen LogP contribution is -2.39. The van der Waals surface area contributed by atoms with Crippen molar-refractivity contribution in [2.24, 2.45) is 0 Å². The second-order valence-corrected chi connectivity index (χ2v) is 16.1. The van der Waals surface area contributed by atoms with Crippen LogP contribution in [0.4, 0.5) is 11.4 Å². The van der Waals surface area contributed by atoms with Crippen LogP contribution in [0.3, 0.4) is 0 Å². The zero-order valence-electron chi connectivity index (χ0n) is 25.2. The summed E-state index contributed by atoms with van der Waals surface area (Å²) in [6, 6.07) is 3.65. The molecule has 2 aromatic heterocycles. The fraction of sp³-hybridized carbons (Fsp3) is 0.643. The normalized spacial score (nSPS) is 15.7.